The van der Waals surface area contributed by atoms with E-state index in [9.17, 15) is 4.39 Å². The van der Waals surface area contributed by atoms with Crippen molar-refractivity contribution in [3.05, 3.63) is 28.0 Å². The lowest BCUT2D eigenvalue weighted by Crippen LogP contribution is -2.30. The van der Waals surface area contributed by atoms with Gasteiger partial charge in [0, 0.05) is 10.0 Å². The first kappa shape index (κ1) is 11.9. The zero-order chi connectivity index (χ0) is 11.7. The van der Waals surface area contributed by atoms with Crippen LogP contribution in [0, 0.1) is 5.82 Å². The van der Waals surface area contributed by atoms with Crippen LogP contribution in [0.15, 0.2) is 16.6 Å². The van der Waals surface area contributed by atoms with E-state index in [1.54, 1.807) is 6.07 Å². The molecule has 0 saturated heterocycles. The monoisotopic (exact) mass is 287 g/mol. The van der Waals surface area contributed by atoms with Crippen LogP contribution in [0.1, 0.15) is 31.9 Å². The second kappa shape index (κ2) is 4.72. The number of halogens is 2. The number of likely N-dealkylation sites (N-methyl/N-ethyl adjacent to an activating group) is 1. The highest BCUT2D eigenvalue weighted by Gasteiger charge is 2.36. The Labute approximate surface area is 103 Å². The molecular weight excluding hydrogens is 273 g/mol. The van der Waals surface area contributed by atoms with Gasteiger partial charge in [0.2, 0.25) is 0 Å². The average Bonchev–Trinajstić information content (AvgIpc) is 2.64. The highest BCUT2D eigenvalue weighted by Crippen LogP contribution is 2.43. The number of hydrogen-bond donors (Lipinski definition) is 1. The molecule has 0 aromatic heterocycles. The van der Waals surface area contributed by atoms with Gasteiger partial charge in [-0.2, -0.15) is 0 Å². The molecular formula is C12H15BrFNO. The van der Waals surface area contributed by atoms with Crippen molar-refractivity contribution in [3.8, 4) is 5.75 Å². The lowest BCUT2D eigenvalue weighted by Gasteiger charge is -2.18. The lowest BCUT2D eigenvalue weighted by molar-refractivity contribution is 0.180. The van der Waals surface area contributed by atoms with Gasteiger partial charge in [-0.25, -0.2) is 4.39 Å². The van der Waals surface area contributed by atoms with Gasteiger partial charge in [0.05, 0.1) is 6.04 Å². The van der Waals surface area contributed by atoms with Crippen LogP contribution in [0.2, 0.25) is 0 Å². The molecule has 0 aliphatic carbocycles. The minimum Gasteiger partial charge on any atom is -0.485 e. The Bertz CT molecular complexity index is 397. The zero-order valence-corrected chi connectivity index (χ0v) is 11.0. The topological polar surface area (TPSA) is 21.3 Å². The fourth-order valence-electron chi connectivity index (χ4n) is 2.14. The van der Waals surface area contributed by atoms with E-state index in [0.29, 0.717) is 5.75 Å². The molecule has 4 heteroatoms. The predicted octanol–water partition coefficient (Wildman–Crippen LogP) is 3.41. The number of rotatable bonds is 3. The molecule has 2 nitrogen and oxygen atoms in total. The molecule has 2 atom stereocenters. The molecule has 16 heavy (non-hydrogen) atoms. The maximum Gasteiger partial charge on any atom is 0.165 e. The van der Waals surface area contributed by atoms with Gasteiger partial charge < -0.3 is 10.1 Å². The Morgan fingerprint density at radius 3 is 2.81 bits per heavy atom. The molecule has 88 valence electrons. The van der Waals surface area contributed by atoms with E-state index in [1.165, 1.54) is 6.07 Å². The van der Waals surface area contributed by atoms with Crippen molar-refractivity contribution in [3.63, 3.8) is 0 Å². The van der Waals surface area contributed by atoms with E-state index in [-0.39, 0.29) is 18.0 Å². The summed E-state index contributed by atoms with van der Waals surface area (Å²) in [5.41, 5.74) is 0.911. The van der Waals surface area contributed by atoms with Gasteiger partial charge in [0.25, 0.3) is 0 Å². The Morgan fingerprint density at radius 1 is 1.44 bits per heavy atom. The third-order valence-corrected chi connectivity index (χ3v) is 3.56. The molecule has 0 bridgehead atoms. The normalized spacial score (nSPS) is 23.0. The van der Waals surface area contributed by atoms with Gasteiger partial charge in [-0.15, -0.1) is 0 Å². The van der Waals surface area contributed by atoms with Crippen LogP contribution in [0.3, 0.4) is 0 Å². The summed E-state index contributed by atoms with van der Waals surface area (Å²) in [6.07, 6.45) is 0.876. The summed E-state index contributed by atoms with van der Waals surface area (Å²) < 4.78 is 20.2. The molecule has 1 aliphatic heterocycles. The van der Waals surface area contributed by atoms with Gasteiger partial charge in [0.1, 0.15) is 6.10 Å². The maximum atomic E-state index is 13.6. The highest BCUT2D eigenvalue weighted by atomic mass is 79.9. The fourth-order valence-corrected chi connectivity index (χ4v) is 2.70. The third-order valence-electron chi connectivity index (χ3n) is 2.87. The first-order chi connectivity index (χ1) is 7.69. The summed E-state index contributed by atoms with van der Waals surface area (Å²) in [6.45, 7) is 4.93. The van der Waals surface area contributed by atoms with Gasteiger partial charge in [-0.3, -0.25) is 0 Å². The van der Waals surface area contributed by atoms with E-state index in [0.717, 1.165) is 23.0 Å². The smallest absolute Gasteiger partial charge is 0.165 e. The molecule has 1 aliphatic rings. The Morgan fingerprint density at radius 2 is 2.19 bits per heavy atom. The van der Waals surface area contributed by atoms with Crippen LogP contribution in [0.5, 0.6) is 5.75 Å². The molecule has 1 aromatic carbocycles. The summed E-state index contributed by atoms with van der Waals surface area (Å²) in [4.78, 5) is 0. The van der Waals surface area contributed by atoms with Crippen LogP contribution < -0.4 is 10.1 Å². The number of nitrogens with one attached hydrogen (secondary N) is 1. The molecule has 0 amide bonds. The molecule has 1 aromatic rings. The van der Waals surface area contributed by atoms with Gasteiger partial charge in [-0.05, 0) is 25.1 Å². The van der Waals surface area contributed by atoms with E-state index in [2.05, 4.69) is 21.2 Å². The van der Waals surface area contributed by atoms with Crippen molar-refractivity contribution in [2.45, 2.75) is 32.4 Å². The van der Waals surface area contributed by atoms with Gasteiger partial charge in [-0.1, -0.05) is 29.8 Å². The van der Waals surface area contributed by atoms with E-state index in [4.69, 9.17) is 4.74 Å². The molecule has 0 saturated carbocycles. The SMILES string of the molecule is CCNC1c2c(Br)ccc(F)c2OC1CC. The second-order valence-electron chi connectivity index (χ2n) is 3.87. The standard InChI is InChI=1S/C12H15BrFNO/c1-3-9-11(15-4-2)10-7(13)5-6-8(14)12(10)16-9/h5-6,9,11,15H,3-4H2,1-2H3. The lowest BCUT2D eigenvalue weighted by atomic mass is 10.0. The quantitative estimate of drug-likeness (QED) is 0.920. The van der Waals surface area contributed by atoms with Crippen LogP contribution in [0.25, 0.3) is 0 Å². The summed E-state index contributed by atoms with van der Waals surface area (Å²) in [5, 5.41) is 3.35. The number of benzene rings is 1. The van der Waals surface area contributed by atoms with Gasteiger partial charge >= 0.3 is 0 Å². The van der Waals surface area contributed by atoms with Crippen LogP contribution >= 0.6 is 15.9 Å². The minimum absolute atomic E-state index is 0.0168. The van der Waals surface area contributed by atoms with Crippen molar-refractivity contribution in [1.29, 1.82) is 0 Å². The Hall–Kier alpha value is -0.610. The number of ether oxygens (including phenoxy) is 1. The van der Waals surface area contributed by atoms with Gasteiger partial charge in [0.15, 0.2) is 11.6 Å². The summed E-state index contributed by atoms with van der Waals surface area (Å²) in [6, 6.07) is 3.25. The second-order valence-corrected chi connectivity index (χ2v) is 4.73. The van der Waals surface area contributed by atoms with Crippen molar-refractivity contribution in [1.82, 2.24) is 5.32 Å². The summed E-state index contributed by atoms with van der Waals surface area (Å²) >= 11 is 3.46. The van der Waals surface area contributed by atoms with E-state index < -0.39 is 0 Å². The van der Waals surface area contributed by atoms with E-state index in [1.807, 2.05) is 13.8 Å². The molecule has 0 spiro atoms. The molecule has 1 heterocycles. The number of fused-ring (bicyclic) bond motifs is 1. The Kier molecular flexibility index (Phi) is 3.50. The van der Waals surface area contributed by atoms with Crippen LogP contribution in [-0.2, 0) is 0 Å². The van der Waals surface area contributed by atoms with Crippen LogP contribution in [0.4, 0.5) is 4.39 Å². The number of hydrogen-bond acceptors (Lipinski definition) is 2. The summed E-state index contributed by atoms with van der Waals surface area (Å²) in [7, 11) is 0. The van der Waals surface area contributed by atoms with Crippen LogP contribution in [-0.4, -0.2) is 12.6 Å². The molecule has 1 N–H and O–H groups in total. The third kappa shape index (κ3) is 1.84. The predicted molar refractivity (Wildman–Crippen MR) is 65.2 cm³/mol. The minimum atomic E-state index is -0.281. The molecule has 2 rings (SSSR count). The fraction of sp³-hybridized carbons (Fsp3) is 0.500. The zero-order valence-electron chi connectivity index (χ0n) is 9.39. The van der Waals surface area contributed by atoms with E-state index >= 15 is 0 Å². The first-order valence-corrected chi connectivity index (χ1v) is 6.36. The van der Waals surface area contributed by atoms with Crippen molar-refractivity contribution < 1.29 is 9.13 Å². The first-order valence-electron chi connectivity index (χ1n) is 5.57. The maximum absolute atomic E-state index is 13.6. The largest absolute Gasteiger partial charge is 0.485 e. The van der Waals surface area contributed by atoms with Crippen molar-refractivity contribution >= 4 is 15.9 Å². The van der Waals surface area contributed by atoms with Crippen molar-refractivity contribution in [2.75, 3.05) is 6.54 Å². The molecule has 0 fully saturated rings. The highest BCUT2D eigenvalue weighted by molar-refractivity contribution is 9.10. The summed E-state index contributed by atoms with van der Waals surface area (Å²) in [5.74, 6) is 0.115. The molecule has 2 unspecified atom stereocenters. The molecule has 0 radical (unpaired) electrons. The Balaban J connectivity index is 2.45. The van der Waals surface area contributed by atoms with Crippen molar-refractivity contribution in [2.24, 2.45) is 0 Å². The average molecular weight is 288 g/mol.